The van der Waals surface area contributed by atoms with E-state index in [0.717, 1.165) is 4.31 Å². The zero-order chi connectivity index (χ0) is 28.7. The molecule has 1 aromatic carbocycles. The molecule has 0 bridgehead atoms. The number of hydrogen-bond donors (Lipinski definition) is 3. The molecule has 0 heterocycles. The lowest BCUT2D eigenvalue weighted by molar-refractivity contribution is -0.143. The monoisotopic (exact) mass is 542 g/mol. The summed E-state index contributed by atoms with van der Waals surface area (Å²) in [6, 6.07) is 4.88. The quantitative estimate of drug-likeness (QED) is 0.269. The number of rotatable bonds is 12. The number of likely N-dealkylation sites (N-methyl/N-ethyl adjacent to an activating group) is 1. The van der Waals surface area contributed by atoms with Crippen molar-refractivity contribution in [3.05, 3.63) is 24.3 Å². The standard InChI is InChI=1S/C25H42N4O7S/c1-16(2)14-19(22(30)26-21(25(3,4)5)24(32)28(6)7)20(23(31)27-33)15-29(8)37(34,35)18-12-10-17(36-9)11-13-18/h10-13,16,19-21,33H,14-15H2,1-9H3,(H,26,30)(H,27,31)/t19-,20+,21-/m1/s1. The van der Waals surface area contributed by atoms with Crippen molar-refractivity contribution in [3.63, 3.8) is 0 Å². The number of nitrogens with one attached hydrogen (secondary N) is 2. The highest BCUT2D eigenvalue weighted by molar-refractivity contribution is 7.89. The van der Waals surface area contributed by atoms with E-state index in [4.69, 9.17) is 4.74 Å². The molecule has 1 rings (SSSR count). The van der Waals surface area contributed by atoms with E-state index in [-0.39, 0.29) is 29.7 Å². The first-order valence-electron chi connectivity index (χ1n) is 12.0. The van der Waals surface area contributed by atoms with E-state index in [1.807, 2.05) is 34.6 Å². The second kappa shape index (κ2) is 13.2. The van der Waals surface area contributed by atoms with Gasteiger partial charge in [-0.05, 0) is 42.0 Å². The van der Waals surface area contributed by atoms with Crippen molar-refractivity contribution in [2.45, 2.75) is 52.0 Å². The molecule has 0 aliphatic rings. The van der Waals surface area contributed by atoms with Gasteiger partial charge in [0.25, 0.3) is 0 Å². The molecule has 1 aromatic rings. The van der Waals surface area contributed by atoms with Crippen molar-refractivity contribution in [1.82, 2.24) is 20.0 Å². The third-order valence-corrected chi connectivity index (χ3v) is 7.89. The minimum absolute atomic E-state index is 0.0202. The minimum atomic E-state index is -4.04. The summed E-state index contributed by atoms with van der Waals surface area (Å²) in [7, 11) is 1.89. The predicted molar refractivity (Wildman–Crippen MR) is 139 cm³/mol. The Labute approximate surface area is 220 Å². The molecular formula is C25H42N4O7S. The van der Waals surface area contributed by atoms with Gasteiger partial charge in [0.1, 0.15) is 11.8 Å². The zero-order valence-electron chi connectivity index (χ0n) is 23.2. The van der Waals surface area contributed by atoms with Gasteiger partial charge in [0.05, 0.1) is 23.8 Å². The number of methoxy groups -OCH3 is 1. The number of carbonyl (C=O) groups excluding carboxylic acids is 3. The number of carbonyl (C=O) groups is 3. The second-order valence-electron chi connectivity index (χ2n) is 10.8. The fourth-order valence-corrected chi connectivity index (χ4v) is 5.09. The normalized spacial score (nSPS) is 14.6. The molecule has 0 saturated carbocycles. The maximum Gasteiger partial charge on any atom is 0.248 e. The lowest BCUT2D eigenvalue weighted by atomic mass is 9.81. The van der Waals surface area contributed by atoms with E-state index in [1.54, 1.807) is 19.6 Å². The van der Waals surface area contributed by atoms with Crippen LogP contribution in [0, 0.1) is 23.2 Å². The lowest BCUT2D eigenvalue weighted by Crippen LogP contribution is -2.56. The molecule has 3 N–H and O–H groups in total. The summed E-state index contributed by atoms with van der Waals surface area (Å²) in [5.74, 6) is -3.62. The Hall–Kier alpha value is -2.70. The fraction of sp³-hybridized carbons (Fsp3) is 0.640. The molecule has 0 radical (unpaired) electrons. The van der Waals surface area contributed by atoms with Crippen molar-refractivity contribution >= 4 is 27.7 Å². The fourth-order valence-electron chi connectivity index (χ4n) is 3.90. The van der Waals surface area contributed by atoms with Gasteiger partial charge in [0, 0.05) is 27.7 Å². The summed E-state index contributed by atoms with van der Waals surface area (Å²) in [6.07, 6.45) is 0.216. The van der Waals surface area contributed by atoms with Gasteiger partial charge < -0.3 is 15.0 Å². The molecule has 3 amide bonds. The van der Waals surface area contributed by atoms with Crippen molar-refractivity contribution in [3.8, 4) is 5.75 Å². The number of sulfonamides is 1. The minimum Gasteiger partial charge on any atom is -0.497 e. The first-order chi connectivity index (χ1) is 17.0. The van der Waals surface area contributed by atoms with Crippen LogP contribution in [0.3, 0.4) is 0 Å². The van der Waals surface area contributed by atoms with Gasteiger partial charge in [-0.1, -0.05) is 34.6 Å². The summed E-state index contributed by atoms with van der Waals surface area (Å²) in [6.45, 7) is 8.77. The second-order valence-corrected chi connectivity index (χ2v) is 12.9. The Kier molecular flexibility index (Phi) is 11.5. The molecule has 37 heavy (non-hydrogen) atoms. The van der Waals surface area contributed by atoms with Crippen LogP contribution in [0.15, 0.2) is 29.2 Å². The van der Waals surface area contributed by atoms with Gasteiger partial charge in [-0.3, -0.25) is 19.6 Å². The molecule has 0 aliphatic heterocycles. The maximum atomic E-state index is 13.6. The van der Waals surface area contributed by atoms with Crippen LogP contribution in [0.1, 0.15) is 41.0 Å². The van der Waals surface area contributed by atoms with E-state index in [0.29, 0.717) is 5.75 Å². The Bertz CT molecular complexity index is 1030. The smallest absolute Gasteiger partial charge is 0.248 e. The van der Waals surface area contributed by atoms with Crippen LogP contribution in [0.2, 0.25) is 0 Å². The van der Waals surface area contributed by atoms with Crippen molar-refractivity contribution in [2.75, 3.05) is 34.8 Å². The Morgan fingerprint density at radius 2 is 1.54 bits per heavy atom. The first kappa shape index (κ1) is 32.3. The van der Waals surface area contributed by atoms with E-state index in [9.17, 15) is 28.0 Å². The lowest BCUT2D eigenvalue weighted by Gasteiger charge is -2.35. The predicted octanol–water partition coefficient (Wildman–Crippen LogP) is 1.72. The van der Waals surface area contributed by atoms with Crippen LogP contribution < -0.4 is 15.5 Å². The average molecular weight is 543 g/mol. The van der Waals surface area contributed by atoms with E-state index >= 15 is 0 Å². The Morgan fingerprint density at radius 3 is 1.95 bits per heavy atom. The Balaban J connectivity index is 3.39. The third kappa shape index (κ3) is 8.68. The molecule has 0 aromatic heterocycles. The molecule has 0 aliphatic carbocycles. The summed E-state index contributed by atoms with van der Waals surface area (Å²) >= 11 is 0. The molecule has 12 heteroatoms. The molecule has 0 fully saturated rings. The molecule has 210 valence electrons. The molecular weight excluding hydrogens is 500 g/mol. The molecule has 3 atom stereocenters. The van der Waals surface area contributed by atoms with Gasteiger partial charge in [0.2, 0.25) is 27.7 Å². The molecule has 0 spiro atoms. The van der Waals surface area contributed by atoms with Crippen LogP contribution >= 0.6 is 0 Å². The maximum absolute atomic E-state index is 13.6. The van der Waals surface area contributed by atoms with E-state index in [1.165, 1.54) is 43.3 Å². The Morgan fingerprint density at radius 1 is 1.00 bits per heavy atom. The number of hydrogen-bond acceptors (Lipinski definition) is 7. The topological polar surface area (TPSA) is 145 Å². The summed E-state index contributed by atoms with van der Waals surface area (Å²) in [4.78, 5) is 40.6. The third-order valence-electron chi connectivity index (χ3n) is 6.06. The SMILES string of the molecule is COc1ccc(S(=O)(=O)N(C)C[C@H](C(=O)NO)[C@@H](CC(C)C)C(=O)N[C@H](C(=O)N(C)C)C(C)(C)C)cc1. The number of ether oxygens (including phenoxy) is 1. The number of amides is 3. The number of benzene rings is 1. The van der Waals surface area contributed by atoms with Gasteiger partial charge in [-0.15, -0.1) is 0 Å². The molecule has 0 unspecified atom stereocenters. The number of nitrogens with zero attached hydrogens (tertiary/aromatic N) is 2. The summed E-state index contributed by atoms with van der Waals surface area (Å²) in [5, 5.41) is 12.2. The first-order valence-corrected chi connectivity index (χ1v) is 13.5. The summed E-state index contributed by atoms with van der Waals surface area (Å²) < 4.78 is 32.5. The average Bonchev–Trinajstić information content (AvgIpc) is 2.82. The number of hydroxylamine groups is 1. The zero-order valence-corrected chi connectivity index (χ0v) is 24.0. The highest BCUT2D eigenvalue weighted by Gasteiger charge is 2.41. The van der Waals surface area contributed by atoms with Crippen LogP contribution in [-0.4, -0.2) is 81.4 Å². The highest BCUT2D eigenvalue weighted by Crippen LogP contribution is 2.27. The van der Waals surface area contributed by atoms with Crippen molar-refractivity contribution in [1.29, 1.82) is 0 Å². The van der Waals surface area contributed by atoms with Gasteiger partial charge >= 0.3 is 0 Å². The van der Waals surface area contributed by atoms with Crippen LogP contribution in [0.4, 0.5) is 0 Å². The van der Waals surface area contributed by atoms with Crippen LogP contribution in [-0.2, 0) is 24.4 Å². The van der Waals surface area contributed by atoms with Crippen molar-refractivity contribution in [2.24, 2.45) is 23.2 Å². The van der Waals surface area contributed by atoms with E-state index < -0.39 is 45.1 Å². The molecule has 11 nitrogen and oxygen atoms in total. The largest absolute Gasteiger partial charge is 0.497 e. The van der Waals surface area contributed by atoms with Gasteiger partial charge in [-0.25, -0.2) is 18.2 Å². The van der Waals surface area contributed by atoms with Crippen LogP contribution in [0.5, 0.6) is 5.75 Å². The van der Waals surface area contributed by atoms with Gasteiger partial charge in [-0.2, -0.15) is 0 Å². The van der Waals surface area contributed by atoms with Crippen molar-refractivity contribution < 1.29 is 32.7 Å². The summed E-state index contributed by atoms with van der Waals surface area (Å²) in [5.41, 5.74) is 0.941. The highest BCUT2D eigenvalue weighted by atomic mass is 32.2. The molecule has 0 saturated heterocycles. The van der Waals surface area contributed by atoms with Gasteiger partial charge in [0.15, 0.2) is 0 Å². The van der Waals surface area contributed by atoms with E-state index in [2.05, 4.69) is 5.32 Å². The van der Waals surface area contributed by atoms with Crippen LogP contribution in [0.25, 0.3) is 0 Å².